The zero-order valence-electron chi connectivity index (χ0n) is 24.7. The molecular formula is C33H36N8O3. The maximum atomic E-state index is 13.0. The molecule has 0 radical (unpaired) electrons. The lowest BCUT2D eigenvalue weighted by atomic mass is 10.1. The summed E-state index contributed by atoms with van der Waals surface area (Å²) in [6.45, 7) is 5.57. The Hall–Kier alpha value is -5.16. The standard InChI is InChI=1S/C33H36N8O3/c1-23-7-12-27(20-29(23)39-33-36-15-13-28(38-33)26-4-3-14-35-21-26)37-32(44)25-10-8-24(9-11-25)22-40-16-18-41(19-17-40)31(43)6-2-5-30(34)42/h3-4,7-15,20-21H,2,5-6,16-19,22H2,1H3,(H2,34,42)(H,37,44)(H,36,38,39). The van der Waals surface area contributed by atoms with Crippen molar-refractivity contribution in [1.82, 2.24) is 24.8 Å². The summed E-state index contributed by atoms with van der Waals surface area (Å²) in [5.74, 6) is -0.0640. The molecule has 4 N–H and O–H groups in total. The summed E-state index contributed by atoms with van der Waals surface area (Å²) in [6.07, 6.45) is 6.25. The van der Waals surface area contributed by atoms with E-state index in [1.54, 1.807) is 18.6 Å². The van der Waals surface area contributed by atoms with Crippen LogP contribution < -0.4 is 16.4 Å². The monoisotopic (exact) mass is 592 g/mol. The molecule has 1 aliphatic heterocycles. The lowest BCUT2D eigenvalue weighted by Crippen LogP contribution is -2.48. The van der Waals surface area contributed by atoms with E-state index in [2.05, 4.69) is 30.5 Å². The fraction of sp³-hybridized carbons (Fsp3) is 0.273. The third-order valence-corrected chi connectivity index (χ3v) is 7.52. The summed E-state index contributed by atoms with van der Waals surface area (Å²) in [5.41, 5.74) is 10.9. The van der Waals surface area contributed by atoms with E-state index in [-0.39, 0.29) is 24.1 Å². The average Bonchev–Trinajstić information content (AvgIpc) is 3.03. The Balaban J connectivity index is 1.13. The van der Waals surface area contributed by atoms with E-state index in [4.69, 9.17) is 5.73 Å². The summed E-state index contributed by atoms with van der Waals surface area (Å²) in [5, 5.41) is 6.25. The van der Waals surface area contributed by atoms with Crippen LogP contribution in [0.3, 0.4) is 0 Å². The third-order valence-electron chi connectivity index (χ3n) is 7.52. The first-order valence-corrected chi connectivity index (χ1v) is 14.6. The molecule has 4 aromatic rings. The molecule has 0 unspecified atom stereocenters. The SMILES string of the molecule is Cc1ccc(NC(=O)c2ccc(CN3CCN(C(=O)CCCC(N)=O)CC3)cc2)cc1Nc1nccc(-c2cccnc2)n1. The highest BCUT2D eigenvalue weighted by Crippen LogP contribution is 2.25. The molecule has 0 atom stereocenters. The van der Waals surface area contributed by atoms with Crippen LogP contribution in [-0.4, -0.2) is 68.7 Å². The quantitative estimate of drug-likeness (QED) is 0.236. The summed E-state index contributed by atoms with van der Waals surface area (Å²) in [4.78, 5) is 53.6. The normalized spacial score (nSPS) is 13.3. The van der Waals surface area contributed by atoms with Gasteiger partial charge in [-0.05, 0) is 66.9 Å². The third kappa shape index (κ3) is 8.23. The molecule has 3 amide bonds. The first-order valence-electron chi connectivity index (χ1n) is 14.6. The summed E-state index contributed by atoms with van der Waals surface area (Å²) >= 11 is 0. The van der Waals surface area contributed by atoms with Gasteiger partial charge in [-0.2, -0.15) is 0 Å². The Morgan fingerprint density at radius 3 is 2.45 bits per heavy atom. The van der Waals surface area contributed by atoms with E-state index in [1.165, 1.54) is 0 Å². The van der Waals surface area contributed by atoms with Crippen molar-refractivity contribution in [2.75, 3.05) is 36.8 Å². The maximum Gasteiger partial charge on any atom is 0.255 e. The highest BCUT2D eigenvalue weighted by atomic mass is 16.2. The van der Waals surface area contributed by atoms with E-state index in [1.807, 2.05) is 72.5 Å². The number of piperazine rings is 1. The van der Waals surface area contributed by atoms with Gasteiger partial charge in [0, 0.05) is 86.7 Å². The van der Waals surface area contributed by atoms with Crippen LogP contribution in [0.4, 0.5) is 17.3 Å². The highest BCUT2D eigenvalue weighted by molar-refractivity contribution is 6.04. The van der Waals surface area contributed by atoms with Gasteiger partial charge in [0.1, 0.15) is 0 Å². The van der Waals surface area contributed by atoms with Crippen LogP contribution in [0.5, 0.6) is 0 Å². The van der Waals surface area contributed by atoms with Gasteiger partial charge in [0.2, 0.25) is 17.8 Å². The van der Waals surface area contributed by atoms with Crippen molar-refractivity contribution < 1.29 is 14.4 Å². The average molecular weight is 593 g/mol. The zero-order chi connectivity index (χ0) is 30.9. The molecule has 226 valence electrons. The molecule has 1 saturated heterocycles. The Labute approximate surface area is 256 Å². The number of pyridine rings is 1. The number of nitrogens with two attached hydrogens (primary N) is 1. The molecule has 11 heteroatoms. The topological polar surface area (TPSA) is 146 Å². The van der Waals surface area contributed by atoms with E-state index in [9.17, 15) is 14.4 Å². The van der Waals surface area contributed by atoms with Crippen LogP contribution in [0.25, 0.3) is 11.3 Å². The number of aryl methyl sites for hydroxylation is 1. The molecule has 11 nitrogen and oxygen atoms in total. The number of benzene rings is 2. The minimum atomic E-state index is -0.376. The van der Waals surface area contributed by atoms with Crippen LogP contribution >= 0.6 is 0 Å². The summed E-state index contributed by atoms with van der Waals surface area (Å²) in [7, 11) is 0. The number of hydrogen-bond acceptors (Lipinski definition) is 8. The number of aromatic nitrogens is 3. The highest BCUT2D eigenvalue weighted by Gasteiger charge is 2.21. The van der Waals surface area contributed by atoms with Gasteiger partial charge in [0.05, 0.1) is 5.69 Å². The number of hydrogen-bond donors (Lipinski definition) is 3. The van der Waals surface area contributed by atoms with Crippen molar-refractivity contribution in [3.8, 4) is 11.3 Å². The van der Waals surface area contributed by atoms with Crippen LogP contribution in [0, 0.1) is 6.92 Å². The summed E-state index contributed by atoms with van der Waals surface area (Å²) in [6, 6.07) is 18.9. The van der Waals surface area contributed by atoms with Gasteiger partial charge in [-0.15, -0.1) is 0 Å². The number of primary amides is 1. The first kappa shape index (κ1) is 30.3. The minimum Gasteiger partial charge on any atom is -0.370 e. The molecule has 0 saturated carbocycles. The van der Waals surface area contributed by atoms with Gasteiger partial charge < -0.3 is 21.3 Å². The predicted molar refractivity (Wildman–Crippen MR) is 169 cm³/mol. The smallest absolute Gasteiger partial charge is 0.255 e. The maximum absolute atomic E-state index is 13.0. The van der Waals surface area contributed by atoms with Gasteiger partial charge in [-0.3, -0.25) is 24.3 Å². The molecule has 44 heavy (non-hydrogen) atoms. The van der Waals surface area contributed by atoms with Gasteiger partial charge in [-0.1, -0.05) is 18.2 Å². The van der Waals surface area contributed by atoms with Crippen molar-refractivity contribution in [2.45, 2.75) is 32.7 Å². The second-order valence-electron chi connectivity index (χ2n) is 10.8. The van der Waals surface area contributed by atoms with Crippen molar-refractivity contribution in [3.63, 3.8) is 0 Å². The predicted octanol–water partition coefficient (Wildman–Crippen LogP) is 4.14. The van der Waals surface area contributed by atoms with Gasteiger partial charge >= 0.3 is 0 Å². The van der Waals surface area contributed by atoms with Crippen molar-refractivity contribution in [2.24, 2.45) is 5.73 Å². The first-order chi connectivity index (χ1) is 21.3. The summed E-state index contributed by atoms with van der Waals surface area (Å²) < 4.78 is 0. The van der Waals surface area contributed by atoms with Gasteiger partial charge in [-0.25, -0.2) is 9.97 Å². The Morgan fingerprint density at radius 2 is 1.73 bits per heavy atom. The van der Waals surface area contributed by atoms with Crippen molar-refractivity contribution in [3.05, 3.63) is 95.9 Å². The molecule has 0 aliphatic carbocycles. The van der Waals surface area contributed by atoms with E-state index in [0.717, 1.165) is 47.7 Å². The number of anilines is 3. The lowest BCUT2D eigenvalue weighted by Gasteiger charge is -2.34. The number of carbonyl (C=O) groups excluding carboxylic acids is 3. The molecule has 0 spiro atoms. The molecule has 1 fully saturated rings. The fourth-order valence-corrected chi connectivity index (χ4v) is 5.00. The van der Waals surface area contributed by atoms with Crippen molar-refractivity contribution in [1.29, 1.82) is 0 Å². The van der Waals surface area contributed by atoms with Crippen LogP contribution in [0.2, 0.25) is 0 Å². The number of rotatable bonds is 11. The number of nitrogens with one attached hydrogen (secondary N) is 2. The molecule has 2 aromatic heterocycles. The number of amides is 3. The Bertz CT molecular complexity index is 1600. The number of nitrogens with zero attached hydrogens (tertiary/aromatic N) is 5. The zero-order valence-corrected chi connectivity index (χ0v) is 24.7. The lowest BCUT2D eigenvalue weighted by molar-refractivity contribution is -0.133. The molecule has 0 bridgehead atoms. The largest absolute Gasteiger partial charge is 0.370 e. The molecule has 5 rings (SSSR count). The second kappa shape index (κ2) is 14.3. The van der Waals surface area contributed by atoms with E-state index in [0.29, 0.717) is 43.1 Å². The van der Waals surface area contributed by atoms with Crippen LogP contribution in [0.1, 0.15) is 40.7 Å². The van der Waals surface area contributed by atoms with Gasteiger partial charge in [0.15, 0.2) is 0 Å². The number of carbonyl (C=O) groups is 3. The Morgan fingerprint density at radius 1 is 0.932 bits per heavy atom. The molecule has 2 aromatic carbocycles. The van der Waals surface area contributed by atoms with Crippen LogP contribution in [-0.2, 0) is 16.1 Å². The molecule has 1 aliphatic rings. The van der Waals surface area contributed by atoms with Crippen LogP contribution in [0.15, 0.2) is 79.3 Å². The fourth-order valence-electron chi connectivity index (χ4n) is 5.00. The van der Waals surface area contributed by atoms with Gasteiger partial charge in [0.25, 0.3) is 5.91 Å². The van der Waals surface area contributed by atoms with Crippen molar-refractivity contribution >= 4 is 35.0 Å². The molecule has 3 heterocycles. The Kier molecular flexibility index (Phi) is 9.88. The molecular weight excluding hydrogens is 556 g/mol. The second-order valence-corrected chi connectivity index (χ2v) is 10.8. The van der Waals surface area contributed by atoms with E-state index < -0.39 is 0 Å². The van der Waals surface area contributed by atoms with E-state index >= 15 is 0 Å². The minimum absolute atomic E-state index is 0.0705.